The predicted octanol–water partition coefficient (Wildman–Crippen LogP) is 3.47. The zero-order valence-electron chi connectivity index (χ0n) is 15.4. The summed E-state index contributed by atoms with van der Waals surface area (Å²) in [6.07, 6.45) is 3.30. The van der Waals surface area contributed by atoms with Gasteiger partial charge in [0, 0.05) is 31.7 Å². The van der Waals surface area contributed by atoms with Crippen LogP contribution in [0.2, 0.25) is 0 Å². The van der Waals surface area contributed by atoms with Crippen LogP contribution in [0.15, 0.2) is 54.6 Å². The van der Waals surface area contributed by atoms with Crippen molar-refractivity contribution < 1.29 is 13.9 Å². The summed E-state index contributed by atoms with van der Waals surface area (Å²) in [5.41, 5.74) is 1.32. The van der Waals surface area contributed by atoms with E-state index in [0.717, 1.165) is 32.5 Å². The number of carbonyl (C=O) groups excluding carboxylic acids is 1. The number of hydrogen-bond acceptors (Lipinski definition) is 3. The Morgan fingerprint density at radius 1 is 1.00 bits per heavy atom. The second-order valence-electron chi connectivity index (χ2n) is 7.39. The van der Waals surface area contributed by atoms with Crippen molar-refractivity contribution in [1.82, 2.24) is 9.80 Å². The maximum absolute atomic E-state index is 13.7. The number of hydrogen-bond donors (Lipinski definition) is 0. The average Bonchev–Trinajstić information content (AvgIpc) is 2.95. The lowest BCUT2D eigenvalue weighted by Gasteiger charge is -2.29. The number of halogens is 1. The quantitative estimate of drug-likeness (QED) is 0.810. The summed E-state index contributed by atoms with van der Waals surface area (Å²) in [7, 11) is 0. The van der Waals surface area contributed by atoms with Crippen molar-refractivity contribution in [2.24, 2.45) is 0 Å². The van der Waals surface area contributed by atoms with Gasteiger partial charge in [0.1, 0.15) is 0 Å². The zero-order valence-corrected chi connectivity index (χ0v) is 15.4. The number of benzene rings is 2. The van der Waals surface area contributed by atoms with Gasteiger partial charge in [0.25, 0.3) is 5.91 Å². The van der Waals surface area contributed by atoms with E-state index in [2.05, 4.69) is 29.2 Å². The summed E-state index contributed by atoms with van der Waals surface area (Å²) >= 11 is 0. The monoisotopic (exact) mass is 368 g/mol. The molecule has 2 aromatic carbocycles. The van der Waals surface area contributed by atoms with Crippen LogP contribution in [0.4, 0.5) is 4.39 Å². The third-order valence-corrected chi connectivity index (χ3v) is 5.68. The van der Waals surface area contributed by atoms with Gasteiger partial charge in [0.05, 0.1) is 0 Å². The first-order valence-electron chi connectivity index (χ1n) is 9.65. The molecule has 2 heterocycles. The molecule has 2 bridgehead atoms. The lowest BCUT2D eigenvalue weighted by atomic mass is 10.1. The van der Waals surface area contributed by atoms with Gasteiger partial charge in [0.15, 0.2) is 18.2 Å². The van der Waals surface area contributed by atoms with Crippen LogP contribution < -0.4 is 4.74 Å². The Morgan fingerprint density at radius 3 is 2.56 bits per heavy atom. The van der Waals surface area contributed by atoms with Crippen molar-refractivity contribution in [3.8, 4) is 5.75 Å². The minimum atomic E-state index is -0.436. The van der Waals surface area contributed by atoms with E-state index in [1.54, 1.807) is 18.2 Å². The molecule has 2 atom stereocenters. The minimum absolute atomic E-state index is 0.0644. The van der Waals surface area contributed by atoms with Crippen LogP contribution in [0, 0.1) is 5.82 Å². The van der Waals surface area contributed by atoms with E-state index >= 15 is 0 Å². The van der Waals surface area contributed by atoms with Gasteiger partial charge in [-0.3, -0.25) is 9.69 Å². The van der Waals surface area contributed by atoms with Crippen molar-refractivity contribution >= 4 is 5.91 Å². The molecule has 5 heteroatoms. The molecule has 0 aliphatic carbocycles. The Hall–Kier alpha value is -2.40. The van der Waals surface area contributed by atoms with E-state index < -0.39 is 5.82 Å². The molecule has 0 radical (unpaired) electrons. The first-order valence-corrected chi connectivity index (χ1v) is 9.65. The number of fused-ring (bicyclic) bond motifs is 2. The van der Waals surface area contributed by atoms with Gasteiger partial charge in [-0.05, 0) is 37.0 Å². The van der Waals surface area contributed by atoms with Crippen LogP contribution in [-0.4, -0.2) is 47.5 Å². The topological polar surface area (TPSA) is 32.8 Å². The molecule has 4 nitrogen and oxygen atoms in total. The molecule has 0 N–H and O–H groups in total. The minimum Gasteiger partial charge on any atom is -0.481 e. The molecule has 4 rings (SSSR count). The van der Waals surface area contributed by atoms with Crippen LogP contribution in [0.5, 0.6) is 5.75 Å². The normalized spacial score (nSPS) is 22.5. The number of carbonyl (C=O) groups is 1. The lowest BCUT2D eigenvalue weighted by Crippen LogP contribution is -2.42. The molecule has 142 valence electrons. The van der Waals surface area contributed by atoms with Crippen molar-refractivity contribution in [2.75, 3.05) is 19.7 Å². The van der Waals surface area contributed by atoms with Gasteiger partial charge in [-0.15, -0.1) is 0 Å². The first-order chi connectivity index (χ1) is 13.2. The Balaban J connectivity index is 1.37. The zero-order chi connectivity index (χ0) is 18.6. The molecule has 0 saturated carbocycles. The molecular weight excluding hydrogens is 343 g/mol. The van der Waals surface area contributed by atoms with Crippen LogP contribution >= 0.6 is 0 Å². The van der Waals surface area contributed by atoms with Gasteiger partial charge in [0.2, 0.25) is 0 Å². The summed E-state index contributed by atoms with van der Waals surface area (Å²) in [6, 6.07) is 17.6. The Kier molecular flexibility index (Phi) is 5.39. The average molecular weight is 368 g/mol. The largest absolute Gasteiger partial charge is 0.481 e. The Labute approximate surface area is 159 Å². The highest BCUT2D eigenvalue weighted by atomic mass is 19.1. The number of amides is 1. The maximum Gasteiger partial charge on any atom is 0.260 e. The second-order valence-corrected chi connectivity index (χ2v) is 7.39. The van der Waals surface area contributed by atoms with E-state index in [4.69, 9.17) is 4.74 Å². The van der Waals surface area contributed by atoms with Gasteiger partial charge < -0.3 is 9.64 Å². The molecule has 0 spiro atoms. The van der Waals surface area contributed by atoms with Gasteiger partial charge >= 0.3 is 0 Å². The van der Waals surface area contributed by atoms with Crippen LogP contribution in [0.1, 0.15) is 24.8 Å². The summed E-state index contributed by atoms with van der Waals surface area (Å²) in [5, 5.41) is 0. The van der Waals surface area contributed by atoms with E-state index in [-0.39, 0.29) is 18.3 Å². The van der Waals surface area contributed by atoms with Crippen molar-refractivity contribution in [2.45, 2.75) is 37.9 Å². The van der Waals surface area contributed by atoms with Crippen molar-refractivity contribution in [3.05, 3.63) is 66.0 Å². The highest BCUT2D eigenvalue weighted by Gasteiger charge is 2.38. The highest BCUT2D eigenvalue weighted by molar-refractivity contribution is 5.77. The molecule has 2 aromatic rings. The van der Waals surface area contributed by atoms with E-state index in [9.17, 15) is 9.18 Å². The number of ether oxygens (including phenoxy) is 1. The molecular formula is C22H25FN2O2. The van der Waals surface area contributed by atoms with Crippen LogP contribution in [0.3, 0.4) is 0 Å². The molecule has 2 unspecified atom stereocenters. The first kappa shape index (κ1) is 18.0. The van der Waals surface area contributed by atoms with E-state index in [1.807, 2.05) is 11.0 Å². The maximum atomic E-state index is 13.7. The van der Waals surface area contributed by atoms with Gasteiger partial charge in [-0.1, -0.05) is 42.5 Å². The third kappa shape index (κ3) is 4.14. The van der Waals surface area contributed by atoms with E-state index in [0.29, 0.717) is 12.1 Å². The molecule has 27 heavy (non-hydrogen) atoms. The highest BCUT2D eigenvalue weighted by Crippen LogP contribution is 2.31. The number of rotatable bonds is 5. The molecule has 1 amide bonds. The third-order valence-electron chi connectivity index (χ3n) is 5.68. The second kappa shape index (κ2) is 8.09. The predicted molar refractivity (Wildman–Crippen MR) is 102 cm³/mol. The summed E-state index contributed by atoms with van der Waals surface area (Å²) < 4.78 is 19.1. The molecule has 2 saturated heterocycles. The van der Waals surface area contributed by atoms with Gasteiger partial charge in [-0.2, -0.15) is 0 Å². The Morgan fingerprint density at radius 2 is 1.74 bits per heavy atom. The molecule has 2 aliphatic rings. The summed E-state index contributed by atoms with van der Waals surface area (Å²) in [4.78, 5) is 17.1. The standard InChI is InChI=1S/C22H25FN2O2/c23-20-8-4-5-9-21(20)27-16-22(26)24-13-12-18-10-11-19(15-24)25(18)14-17-6-2-1-3-7-17/h1-9,18-19H,10-16H2. The number of para-hydroxylation sites is 1. The van der Waals surface area contributed by atoms with Gasteiger partial charge in [-0.25, -0.2) is 4.39 Å². The summed E-state index contributed by atoms with van der Waals surface area (Å²) in [6.45, 7) is 2.29. The number of likely N-dealkylation sites (tertiary alicyclic amines) is 1. The lowest BCUT2D eigenvalue weighted by molar-refractivity contribution is -0.133. The molecule has 2 fully saturated rings. The Bertz CT molecular complexity index is 783. The van der Waals surface area contributed by atoms with E-state index in [1.165, 1.54) is 18.1 Å². The number of nitrogens with zero attached hydrogens (tertiary/aromatic N) is 2. The van der Waals surface area contributed by atoms with Crippen LogP contribution in [0.25, 0.3) is 0 Å². The fraction of sp³-hybridized carbons (Fsp3) is 0.409. The summed E-state index contributed by atoms with van der Waals surface area (Å²) in [5.74, 6) is -0.368. The fourth-order valence-corrected chi connectivity index (χ4v) is 4.24. The van der Waals surface area contributed by atoms with Crippen molar-refractivity contribution in [3.63, 3.8) is 0 Å². The van der Waals surface area contributed by atoms with Crippen molar-refractivity contribution in [1.29, 1.82) is 0 Å². The fourth-order valence-electron chi connectivity index (χ4n) is 4.24. The SMILES string of the molecule is O=C(COc1ccccc1F)N1CCC2CCC(C1)N2Cc1ccccc1. The molecule has 2 aliphatic heterocycles. The smallest absolute Gasteiger partial charge is 0.260 e. The van der Waals surface area contributed by atoms with Crippen LogP contribution in [-0.2, 0) is 11.3 Å². The molecule has 0 aromatic heterocycles.